The molecule has 3 N–H and O–H groups in total. The van der Waals surface area contributed by atoms with Crippen molar-refractivity contribution in [2.45, 2.75) is 32.7 Å². The number of nitrogens with two attached hydrogens (primary N) is 1. The maximum Gasteiger partial charge on any atom is 0.239 e. The molecule has 0 unspecified atom stereocenters. The fourth-order valence-corrected chi connectivity index (χ4v) is 2.21. The second-order valence-electron chi connectivity index (χ2n) is 4.17. The predicted octanol–water partition coefficient (Wildman–Crippen LogP) is 2.06. The van der Waals surface area contributed by atoms with Crippen molar-refractivity contribution in [3.8, 4) is 0 Å². The molecule has 0 radical (unpaired) electrons. The van der Waals surface area contributed by atoms with Crippen LogP contribution in [-0.4, -0.2) is 36.3 Å². The Hall–Kier alpha value is -1.11. The number of hydrogen-bond donors (Lipinski definition) is 2. The first-order valence-electron chi connectivity index (χ1n) is 6.42. The Morgan fingerprint density at radius 2 is 2.16 bits per heavy atom. The molecule has 0 amide bonds. The van der Waals surface area contributed by atoms with E-state index in [4.69, 9.17) is 22.2 Å². The number of hydrazine groups is 1. The van der Waals surface area contributed by atoms with Crippen LogP contribution in [0.3, 0.4) is 0 Å². The zero-order valence-electron chi connectivity index (χ0n) is 11.7. The monoisotopic (exact) mass is 287 g/mol. The van der Waals surface area contributed by atoms with Gasteiger partial charge in [0.05, 0.1) is 12.8 Å². The van der Waals surface area contributed by atoms with Crippen LogP contribution in [0.1, 0.15) is 26.7 Å². The van der Waals surface area contributed by atoms with Crippen LogP contribution in [0.2, 0.25) is 5.02 Å². The summed E-state index contributed by atoms with van der Waals surface area (Å²) in [6.45, 7) is 5.63. The standard InChI is InChI=1S/C12H22ClN5O/c1-4-9(5-2)18(6-7-19-3)11-10(13)8-15-12(16-11)17-14/h8-9H,4-7,14H2,1-3H3,(H,15,16,17). The molecule has 1 rings (SSSR count). The van der Waals surface area contributed by atoms with Crippen LogP contribution in [0.25, 0.3) is 0 Å². The third kappa shape index (κ3) is 4.19. The van der Waals surface area contributed by atoms with Crippen molar-refractivity contribution in [3.63, 3.8) is 0 Å². The van der Waals surface area contributed by atoms with Gasteiger partial charge in [-0.15, -0.1) is 0 Å². The molecule has 0 fully saturated rings. The fourth-order valence-electron chi connectivity index (χ4n) is 2.01. The van der Waals surface area contributed by atoms with E-state index in [0.717, 1.165) is 19.4 Å². The second-order valence-corrected chi connectivity index (χ2v) is 4.57. The lowest BCUT2D eigenvalue weighted by atomic mass is 10.1. The Bertz CT molecular complexity index is 386. The zero-order chi connectivity index (χ0) is 14.3. The highest BCUT2D eigenvalue weighted by molar-refractivity contribution is 6.32. The Morgan fingerprint density at radius 1 is 1.47 bits per heavy atom. The fraction of sp³-hybridized carbons (Fsp3) is 0.667. The van der Waals surface area contributed by atoms with Gasteiger partial charge in [-0.2, -0.15) is 4.98 Å². The highest BCUT2D eigenvalue weighted by Gasteiger charge is 2.20. The van der Waals surface area contributed by atoms with Crippen molar-refractivity contribution in [1.82, 2.24) is 9.97 Å². The molecule has 0 spiro atoms. The van der Waals surface area contributed by atoms with Gasteiger partial charge in [0.2, 0.25) is 5.95 Å². The maximum absolute atomic E-state index is 6.21. The molecule has 108 valence electrons. The van der Waals surface area contributed by atoms with E-state index >= 15 is 0 Å². The Labute approximate surface area is 119 Å². The molecule has 1 heterocycles. The molecule has 19 heavy (non-hydrogen) atoms. The van der Waals surface area contributed by atoms with Gasteiger partial charge in [0, 0.05) is 19.7 Å². The van der Waals surface area contributed by atoms with E-state index in [1.807, 2.05) is 0 Å². The van der Waals surface area contributed by atoms with Crippen molar-refractivity contribution >= 4 is 23.4 Å². The summed E-state index contributed by atoms with van der Waals surface area (Å²) in [5, 5.41) is 0.516. The van der Waals surface area contributed by atoms with Crippen LogP contribution in [0.5, 0.6) is 0 Å². The van der Waals surface area contributed by atoms with Crippen molar-refractivity contribution in [1.29, 1.82) is 0 Å². The molecule has 1 aromatic heterocycles. The van der Waals surface area contributed by atoms with Crippen molar-refractivity contribution in [3.05, 3.63) is 11.2 Å². The molecule has 0 saturated carbocycles. The van der Waals surface area contributed by atoms with Gasteiger partial charge in [-0.1, -0.05) is 25.4 Å². The summed E-state index contributed by atoms with van der Waals surface area (Å²) in [5.74, 6) is 6.39. The minimum Gasteiger partial charge on any atom is -0.383 e. The first-order chi connectivity index (χ1) is 9.17. The SMILES string of the molecule is CCC(CC)N(CCOC)c1nc(NN)ncc1Cl. The quantitative estimate of drug-likeness (QED) is 0.563. The van der Waals surface area contributed by atoms with Crippen LogP contribution in [-0.2, 0) is 4.74 Å². The predicted molar refractivity (Wildman–Crippen MR) is 78.4 cm³/mol. The van der Waals surface area contributed by atoms with Gasteiger partial charge in [0.15, 0.2) is 5.82 Å². The number of aromatic nitrogens is 2. The van der Waals surface area contributed by atoms with E-state index < -0.39 is 0 Å². The van der Waals surface area contributed by atoms with E-state index in [1.54, 1.807) is 13.3 Å². The van der Waals surface area contributed by atoms with E-state index in [1.165, 1.54) is 0 Å². The van der Waals surface area contributed by atoms with Gasteiger partial charge in [-0.3, -0.25) is 5.43 Å². The molecule has 0 aliphatic carbocycles. The number of hydrogen-bond acceptors (Lipinski definition) is 6. The Kier molecular flexibility index (Phi) is 6.83. The summed E-state index contributed by atoms with van der Waals surface area (Å²) >= 11 is 6.21. The van der Waals surface area contributed by atoms with E-state index in [-0.39, 0.29) is 0 Å². The Balaban J connectivity index is 3.07. The molecule has 0 aromatic carbocycles. The molecule has 0 aliphatic heterocycles. The number of nitrogens with zero attached hydrogens (tertiary/aromatic N) is 3. The molecular weight excluding hydrogens is 266 g/mol. The van der Waals surface area contributed by atoms with Crippen LogP contribution < -0.4 is 16.2 Å². The van der Waals surface area contributed by atoms with E-state index in [2.05, 4.69) is 34.1 Å². The third-order valence-corrected chi connectivity index (χ3v) is 3.31. The molecule has 0 bridgehead atoms. The molecule has 6 nitrogen and oxygen atoms in total. The normalized spacial score (nSPS) is 10.8. The summed E-state index contributed by atoms with van der Waals surface area (Å²) in [6, 6.07) is 0.355. The highest BCUT2D eigenvalue weighted by atomic mass is 35.5. The first-order valence-corrected chi connectivity index (χ1v) is 6.80. The summed E-state index contributed by atoms with van der Waals surface area (Å²) < 4.78 is 5.16. The van der Waals surface area contributed by atoms with Crippen molar-refractivity contribution in [2.24, 2.45) is 5.84 Å². The van der Waals surface area contributed by atoms with Crippen LogP contribution in [0, 0.1) is 0 Å². The lowest BCUT2D eigenvalue weighted by molar-refractivity contribution is 0.202. The zero-order valence-corrected chi connectivity index (χ0v) is 12.4. The van der Waals surface area contributed by atoms with Crippen LogP contribution in [0.4, 0.5) is 11.8 Å². The average Bonchev–Trinajstić information content (AvgIpc) is 2.44. The summed E-state index contributed by atoms with van der Waals surface area (Å²) in [7, 11) is 1.68. The second kappa shape index (κ2) is 8.14. The number of ether oxygens (including phenoxy) is 1. The number of nitrogens with one attached hydrogen (secondary N) is 1. The molecule has 1 aromatic rings. The van der Waals surface area contributed by atoms with Gasteiger partial charge in [-0.05, 0) is 12.8 Å². The van der Waals surface area contributed by atoms with Crippen LogP contribution >= 0.6 is 11.6 Å². The van der Waals surface area contributed by atoms with Crippen molar-refractivity contribution in [2.75, 3.05) is 30.6 Å². The minimum absolute atomic E-state index is 0.354. The number of anilines is 2. The maximum atomic E-state index is 6.21. The molecule has 0 atom stereocenters. The van der Waals surface area contributed by atoms with Crippen molar-refractivity contribution < 1.29 is 4.74 Å². The molecule has 7 heteroatoms. The largest absolute Gasteiger partial charge is 0.383 e. The number of nitrogen functional groups attached to an aromatic ring is 1. The molecule has 0 aliphatic rings. The smallest absolute Gasteiger partial charge is 0.239 e. The number of methoxy groups -OCH3 is 1. The summed E-state index contributed by atoms with van der Waals surface area (Å²) in [4.78, 5) is 10.5. The van der Waals surface area contributed by atoms with Gasteiger partial charge in [0.25, 0.3) is 0 Å². The highest BCUT2D eigenvalue weighted by Crippen LogP contribution is 2.27. The first kappa shape index (κ1) is 15.9. The third-order valence-electron chi connectivity index (χ3n) is 3.05. The van der Waals surface area contributed by atoms with E-state index in [9.17, 15) is 0 Å². The van der Waals surface area contributed by atoms with Crippen LogP contribution in [0.15, 0.2) is 6.20 Å². The van der Waals surface area contributed by atoms with Gasteiger partial charge >= 0.3 is 0 Å². The molecular formula is C12H22ClN5O. The van der Waals surface area contributed by atoms with E-state index in [0.29, 0.717) is 29.4 Å². The van der Waals surface area contributed by atoms with Gasteiger partial charge in [-0.25, -0.2) is 10.8 Å². The van der Waals surface area contributed by atoms with Gasteiger partial charge in [0.1, 0.15) is 5.02 Å². The molecule has 0 saturated heterocycles. The minimum atomic E-state index is 0.354. The average molecular weight is 288 g/mol. The number of rotatable bonds is 8. The lowest BCUT2D eigenvalue weighted by Crippen LogP contribution is -2.38. The summed E-state index contributed by atoms with van der Waals surface area (Å²) in [6.07, 6.45) is 3.57. The van der Waals surface area contributed by atoms with Gasteiger partial charge < -0.3 is 9.64 Å². The topological polar surface area (TPSA) is 76.3 Å². The lowest BCUT2D eigenvalue weighted by Gasteiger charge is -2.32. The number of halogens is 1. The summed E-state index contributed by atoms with van der Waals surface area (Å²) in [5.41, 5.74) is 2.44. The Morgan fingerprint density at radius 3 is 2.68 bits per heavy atom.